The molecule has 0 aliphatic heterocycles. The van der Waals surface area contributed by atoms with Crippen LogP contribution in [0.2, 0.25) is 5.02 Å². The Bertz CT molecular complexity index is 879. The van der Waals surface area contributed by atoms with E-state index in [1.165, 1.54) is 16.0 Å². The molecule has 28 heavy (non-hydrogen) atoms. The Morgan fingerprint density at radius 2 is 1.61 bits per heavy atom. The molecule has 144 valence electrons. The van der Waals surface area contributed by atoms with Gasteiger partial charge in [0.25, 0.3) is 5.91 Å². The van der Waals surface area contributed by atoms with E-state index >= 15 is 0 Å². The van der Waals surface area contributed by atoms with Crippen molar-refractivity contribution in [2.45, 2.75) is 36.5 Å². The third kappa shape index (κ3) is 6.43. The highest BCUT2D eigenvalue weighted by molar-refractivity contribution is 7.98. The van der Waals surface area contributed by atoms with Gasteiger partial charge in [0, 0.05) is 27.3 Å². The Balaban J connectivity index is 1.46. The number of aryl methyl sites for hydroxylation is 1. The van der Waals surface area contributed by atoms with Gasteiger partial charge in [0.1, 0.15) is 0 Å². The van der Waals surface area contributed by atoms with E-state index in [9.17, 15) is 4.79 Å². The van der Waals surface area contributed by atoms with Crippen LogP contribution in [-0.4, -0.2) is 11.9 Å². The van der Waals surface area contributed by atoms with Gasteiger partial charge >= 0.3 is 0 Å². The molecule has 3 aromatic rings. The number of carbonyl (C=O) groups excluding carboxylic acids is 1. The minimum absolute atomic E-state index is 0.0162. The SMILES string of the molecule is CC(CCc1ccccc1)NC(=O)c1ccc(CSc2ccc(Cl)cc2)cc1. The molecule has 0 radical (unpaired) electrons. The van der Waals surface area contributed by atoms with Gasteiger partial charge in [-0.1, -0.05) is 54.1 Å². The molecule has 0 saturated heterocycles. The molecule has 0 aliphatic carbocycles. The van der Waals surface area contributed by atoms with Gasteiger partial charge in [-0.25, -0.2) is 0 Å². The van der Waals surface area contributed by atoms with Crippen LogP contribution in [-0.2, 0) is 12.2 Å². The van der Waals surface area contributed by atoms with E-state index in [-0.39, 0.29) is 11.9 Å². The summed E-state index contributed by atoms with van der Waals surface area (Å²) in [6.07, 6.45) is 1.88. The van der Waals surface area contributed by atoms with Crippen molar-refractivity contribution in [1.82, 2.24) is 5.32 Å². The molecule has 0 aliphatic rings. The Kier molecular flexibility index (Phi) is 7.58. The molecule has 2 nitrogen and oxygen atoms in total. The fourth-order valence-electron chi connectivity index (χ4n) is 2.86. The molecular weight excluding hydrogens is 386 g/mol. The summed E-state index contributed by atoms with van der Waals surface area (Å²) in [6, 6.07) is 26.2. The van der Waals surface area contributed by atoms with Crippen LogP contribution in [0.15, 0.2) is 83.8 Å². The van der Waals surface area contributed by atoms with Crippen molar-refractivity contribution < 1.29 is 4.79 Å². The molecule has 3 rings (SSSR count). The van der Waals surface area contributed by atoms with E-state index in [2.05, 4.69) is 24.4 Å². The number of thioether (sulfide) groups is 1. The number of carbonyl (C=O) groups is 1. The van der Waals surface area contributed by atoms with Crippen molar-refractivity contribution >= 4 is 29.3 Å². The average Bonchev–Trinajstić information content (AvgIpc) is 2.73. The van der Waals surface area contributed by atoms with Gasteiger partial charge in [-0.05, 0) is 67.3 Å². The lowest BCUT2D eigenvalue weighted by Gasteiger charge is -2.14. The zero-order valence-corrected chi connectivity index (χ0v) is 17.5. The first kappa shape index (κ1) is 20.5. The van der Waals surface area contributed by atoms with Crippen molar-refractivity contribution in [1.29, 1.82) is 0 Å². The summed E-state index contributed by atoms with van der Waals surface area (Å²) in [4.78, 5) is 13.6. The topological polar surface area (TPSA) is 29.1 Å². The molecule has 0 heterocycles. The van der Waals surface area contributed by atoms with E-state index in [4.69, 9.17) is 11.6 Å². The largest absolute Gasteiger partial charge is 0.350 e. The summed E-state index contributed by atoms with van der Waals surface area (Å²) in [5.41, 5.74) is 3.19. The van der Waals surface area contributed by atoms with Crippen molar-refractivity contribution in [3.8, 4) is 0 Å². The molecule has 0 bridgehead atoms. The van der Waals surface area contributed by atoms with Crippen molar-refractivity contribution in [2.24, 2.45) is 0 Å². The predicted octanol–water partition coefficient (Wildman–Crippen LogP) is 6.38. The lowest BCUT2D eigenvalue weighted by molar-refractivity contribution is 0.0938. The number of amides is 1. The molecule has 0 aromatic heterocycles. The molecule has 0 spiro atoms. The van der Waals surface area contributed by atoms with Crippen LogP contribution in [0.25, 0.3) is 0 Å². The maximum atomic E-state index is 12.5. The minimum atomic E-state index is -0.0162. The van der Waals surface area contributed by atoms with Crippen LogP contribution in [0.3, 0.4) is 0 Å². The normalized spacial score (nSPS) is 11.8. The van der Waals surface area contributed by atoms with E-state index in [1.54, 1.807) is 11.8 Å². The van der Waals surface area contributed by atoms with Crippen LogP contribution in [0.1, 0.15) is 34.8 Å². The van der Waals surface area contributed by atoms with Crippen LogP contribution in [0, 0.1) is 0 Å². The highest BCUT2D eigenvalue weighted by atomic mass is 35.5. The molecule has 1 N–H and O–H groups in total. The van der Waals surface area contributed by atoms with Crippen LogP contribution in [0.4, 0.5) is 0 Å². The molecule has 3 aromatic carbocycles. The van der Waals surface area contributed by atoms with Crippen molar-refractivity contribution in [2.75, 3.05) is 0 Å². The Morgan fingerprint density at radius 3 is 2.29 bits per heavy atom. The quantitative estimate of drug-likeness (QED) is 0.437. The van der Waals surface area contributed by atoms with Gasteiger partial charge in [-0.15, -0.1) is 11.8 Å². The molecule has 0 fully saturated rings. The second kappa shape index (κ2) is 10.4. The molecule has 1 amide bonds. The van der Waals surface area contributed by atoms with Crippen LogP contribution in [0.5, 0.6) is 0 Å². The lowest BCUT2D eigenvalue weighted by Crippen LogP contribution is -2.32. The van der Waals surface area contributed by atoms with Gasteiger partial charge in [0.05, 0.1) is 0 Å². The maximum absolute atomic E-state index is 12.5. The number of nitrogens with one attached hydrogen (secondary N) is 1. The second-order valence-electron chi connectivity index (χ2n) is 6.84. The lowest BCUT2D eigenvalue weighted by atomic mass is 10.1. The maximum Gasteiger partial charge on any atom is 0.251 e. The Morgan fingerprint density at radius 1 is 0.929 bits per heavy atom. The highest BCUT2D eigenvalue weighted by Gasteiger charge is 2.10. The van der Waals surface area contributed by atoms with Crippen LogP contribution < -0.4 is 5.32 Å². The minimum Gasteiger partial charge on any atom is -0.350 e. The summed E-state index contributed by atoms with van der Waals surface area (Å²) in [6.45, 7) is 2.05. The second-order valence-corrected chi connectivity index (χ2v) is 8.32. The monoisotopic (exact) mass is 409 g/mol. The fourth-order valence-corrected chi connectivity index (χ4v) is 3.84. The fraction of sp³-hybridized carbons (Fsp3) is 0.208. The Hall–Kier alpha value is -2.23. The zero-order chi connectivity index (χ0) is 19.8. The zero-order valence-electron chi connectivity index (χ0n) is 15.9. The van der Waals surface area contributed by atoms with E-state index in [1.807, 2.05) is 66.7 Å². The summed E-state index contributed by atoms with van der Waals surface area (Å²) >= 11 is 7.67. The standard InChI is InChI=1S/C24H24ClNOS/c1-18(7-8-19-5-3-2-4-6-19)26-24(27)21-11-9-20(10-12-21)17-28-23-15-13-22(25)14-16-23/h2-6,9-16,18H,7-8,17H2,1H3,(H,26,27). The van der Waals surface area contributed by atoms with Gasteiger partial charge in [0.2, 0.25) is 0 Å². The number of benzene rings is 3. The molecule has 4 heteroatoms. The van der Waals surface area contributed by atoms with Crippen molar-refractivity contribution in [3.05, 3.63) is 101 Å². The summed E-state index contributed by atoms with van der Waals surface area (Å²) in [5, 5.41) is 3.84. The number of halogens is 1. The summed E-state index contributed by atoms with van der Waals surface area (Å²) in [5.74, 6) is 0.842. The average molecular weight is 410 g/mol. The predicted molar refractivity (Wildman–Crippen MR) is 119 cm³/mol. The van der Waals surface area contributed by atoms with Gasteiger partial charge in [-0.2, -0.15) is 0 Å². The molecule has 1 atom stereocenters. The third-order valence-electron chi connectivity index (χ3n) is 4.52. The Labute approximate surface area is 176 Å². The smallest absolute Gasteiger partial charge is 0.251 e. The molecule has 1 unspecified atom stereocenters. The number of hydrogen-bond acceptors (Lipinski definition) is 2. The molecule has 0 saturated carbocycles. The van der Waals surface area contributed by atoms with E-state index in [0.717, 1.165) is 23.6 Å². The van der Waals surface area contributed by atoms with Gasteiger partial charge < -0.3 is 5.32 Å². The first-order valence-corrected chi connectivity index (χ1v) is 10.8. The first-order chi connectivity index (χ1) is 13.6. The number of rotatable bonds is 8. The van der Waals surface area contributed by atoms with Crippen LogP contribution >= 0.6 is 23.4 Å². The first-order valence-electron chi connectivity index (χ1n) is 9.42. The molecular formula is C24H24ClNOS. The summed E-state index contributed by atoms with van der Waals surface area (Å²) in [7, 11) is 0. The van der Waals surface area contributed by atoms with Crippen molar-refractivity contribution in [3.63, 3.8) is 0 Å². The third-order valence-corrected chi connectivity index (χ3v) is 5.86. The van der Waals surface area contributed by atoms with E-state index in [0.29, 0.717) is 5.56 Å². The highest BCUT2D eigenvalue weighted by Crippen LogP contribution is 2.24. The van der Waals surface area contributed by atoms with Gasteiger partial charge in [-0.3, -0.25) is 4.79 Å². The van der Waals surface area contributed by atoms with Gasteiger partial charge in [0.15, 0.2) is 0 Å². The van der Waals surface area contributed by atoms with E-state index < -0.39 is 0 Å². The summed E-state index contributed by atoms with van der Waals surface area (Å²) < 4.78 is 0. The number of hydrogen-bond donors (Lipinski definition) is 1.